The van der Waals surface area contributed by atoms with Gasteiger partial charge in [-0.1, -0.05) is 26.0 Å². The maximum atomic E-state index is 11.8. The van der Waals surface area contributed by atoms with Crippen LogP contribution in [0.25, 0.3) is 0 Å². The molecule has 1 aliphatic carbocycles. The third kappa shape index (κ3) is 3.81. The molecule has 0 amide bonds. The number of aliphatic hydroxyl groups is 1. The Morgan fingerprint density at radius 1 is 1.35 bits per heavy atom. The van der Waals surface area contributed by atoms with Gasteiger partial charge >= 0.3 is 0 Å². The number of ketones is 1. The quantitative estimate of drug-likeness (QED) is 0.834. The highest BCUT2D eigenvalue weighted by Crippen LogP contribution is 2.29. The fraction of sp³-hybridized carbons (Fsp3) is 0.562. The average molecular weight is 277 g/mol. The van der Waals surface area contributed by atoms with Gasteiger partial charge in [-0.2, -0.15) is 0 Å². The number of carbonyl (C=O) groups excluding carboxylic acids is 1. The number of hydrogen-bond acceptors (Lipinski definition) is 4. The minimum absolute atomic E-state index is 0.193. The molecule has 1 aromatic carbocycles. The van der Waals surface area contributed by atoms with Gasteiger partial charge in [0.25, 0.3) is 0 Å². The average Bonchev–Trinajstić information content (AvgIpc) is 2.43. The number of benzene rings is 1. The van der Waals surface area contributed by atoms with Crippen molar-refractivity contribution in [2.24, 2.45) is 0 Å². The largest absolute Gasteiger partial charge is 0.491 e. The lowest BCUT2D eigenvalue weighted by Gasteiger charge is -2.20. The summed E-state index contributed by atoms with van der Waals surface area (Å²) in [7, 11) is 0. The van der Waals surface area contributed by atoms with Gasteiger partial charge in [0.05, 0.1) is 0 Å². The van der Waals surface area contributed by atoms with E-state index in [1.165, 1.54) is 0 Å². The van der Waals surface area contributed by atoms with Crippen molar-refractivity contribution >= 4 is 5.78 Å². The minimum atomic E-state index is -0.549. The molecule has 4 heteroatoms. The molecule has 0 aromatic heterocycles. The SMILES string of the molecule is CC(C)NC[C@@H](O)COc1cccc2c1CCCC2=O. The topological polar surface area (TPSA) is 58.6 Å². The number of nitrogens with one attached hydrogen (secondary N) is 1. The third-order valence-electron chi connectivity index (χ3n) is 3.46. The van der Waals surface area contributed by atoms with Gasteiger partial charge in [0.2, 0.25) is 0 Å². The van der Waals surface area contributed by atoms with Crippen LogP contribution in [0.4, 0.5) is 0 Å². The van der Waals surface area contributed by atoms with Crippen LogP contribution in [-0.4, -0.2) is 36.2 Å². The number of hydrogen-bond donors (Lipinski definition) is 2. The van der Waals surface area contributed by atoms with E-state index in [1.54, 1.807) is 0 Å². The lowest BCUT2D eigenvalue weighted by atomic mass is 9.90. The van der Waals surface area contributed by atoms with Crippen LogP contribution >= 0.6 is 0 Å². The highest BCUT2D eigenvalue weighted by molar-refractivity contribution is 5.99. The standard InChI is InChI=1S/C16H23NO3/c1-11(2)17-9-12(18)10-20-16-8-4-5-13-14(16)6-3-7-15(13)19/h4-5,8,11-12,17-18H,3,6-7,9-10H2,1-2H3/t12-/m1/s1. The molecule has 110 valence electrons. The lowest BCUT2D eigenvalue weighted by molar-refractivity contribution is 0.0964. The highest BCUT2D eigenvalue weighted by Gasteiger charge is 2.20. The zero-order valence-corrected chi connectivity index (χ0v) is 12.2. The maximum absolute atomic E-state index is 11.8. The lowest BCUT2D eigenvalue weighted by Crippen LogP contribution is -2.35. The molecule has 2 N–H and O–H groups in total. The molecule has 2 rings (SSSR count). The van der Waals surface area contributed by atoms with Crippen molar-refractivity contribution in [3.8, 4) is 5.75 Å². The van der Waals surface area contributed by atoms with Gasteiger partial charge in [-0.05, 0) is 18.9 Å². The minimum Gasteiger partial charge on any atom is -0.491 e. The van der Waals surface area contributed by atoms with Crippen molar-refractivity contribution in [3.63, 3.8) is 0 Å². The maximum Gasteiger partial charge on any atom is 0.163 e. The summed E-state index contributed by atoms with van der Waals surface area (Å²) in [5.74, 6) is 0.929. The molecular weight excluding hydrogens is 254 g/mol. The van der Waals surface area contributed by atoms with E-state index in [-0.39, 0.29) is 12.4 Å². The van der Waals surface area contributed by atoms with Crippen LogP contribution in [0.2, 0.25) is 0 Å². The normalized spacial score (nSPS) is 16.1. The van der Waals surface area contributed by atoms with Crippen molar-refractivity contribution in [3.05, 3.63) is 29.3 Å². The van der Waals surface area contributed by atoms with Crippen LogP contribution in [0.3, 0.4) is 0 Å². The molecule has 0 spiro atoms. The second-order valence-corrected chi connectivity index (χ2v) is 5.59. The van der Waals surface area contributed by atoms with Gasteiger partial charge in [-0.15, -0.1) is 0 Å². The first kappa shape index (κ1) is 15.0. The van der Waals surface area contributed by atoms with Crippen molar-refractivity contribution < 1.29 is 14.6 Å². The fourth-order valence-electron chi connectivity index (χ4n) is 2.40. The van der Waals surface area contributed by atoms with Crippen LogP contribution in [0.5, 0.6) is 5.75 Å². The van der Waals surface area contributed by atoms with Crippen molar-refractivity contribution in [2.75, 3.05) is 13.2 Å². The van der Waals surface area contributed by atoms with Crippen molar-refractivity contribution in [1.29, 1.82) is 0 Å². The Kier molecular flexibility index (Phi) is 5.15. The molecule has 1 aliphatic rings. The van der Waals surface area contributed by atoms with E-state index < -0.39 is 6.10 Å². The molecule has 0 bridgehead atoms. The van der Waals surface area contributed by atoms with E-state index in [9.17, 15) is 9.90 Å². The van der Waals surface area contributed by atoms with E-state index in [0.717, 1.165) is 29.7 Å². The van der Waals surface area contributed by atoms with Gasteiger partial charge < -0.3 is 15.2 Å². The molecule has 1 aromatic rings. The second-order valence-electron chi connectivity index (χ2n) is 5.59. The second kappa shape index (κ2) is 6.86. The third-order valence-corrected chi connectivity index (χ3v) is 3.46. The van der Waals surface area contributed by atoms with Crippen LogP contribution in [0.1, 0.15) is 42.6 Å². The molecule has 0 unspecified atom stereocenters. The smallest absolute Gasteiger partial charge is 0.163 e. The summed E-state index contributed by atoms with van der Waals surface area (Å²) in [5, 5.41) is 13.0. The summed E-state index contributed by atoms with van der Waals surface area (Å²) < 4.78 is 5.70. The van der Waals surface area contributed by atoms with E-state index in [0.29, 0.717) is 19.0 Å². The molecule has 0 radical (unpaired) electrons. The van der Waals surface area contributed by atoms with Crippen LogP contribution in [0.15, 0.2) is 18.2 Å². The van der Waals surface area contributed by atoms with Crippen LogP contribution in [-0.2, 0) is 6.42 Å². The first-order valence-corrected chi connectivity index (χ1v) is 7.27. The van der Waals surface area contributed by atoms with E-state index in [1.807, 2.05) is 32.0 Å². The number of ether oxygens (including phenoxy) is 1. The molecule has 0 aliphatic heterocycles. The number of Topliss-reactive ketones (excluding diaryl/α,β-unsaturated/α-hetero) is 1. The zero-order valence-electron chi connectivity index (χ0n) is 12.2. The monoisotopic (exact) mass is 277 g/mol. The van der Waals surface area contributed by atoms with Gasteiger partial charge in [-0.3, -0.25) is 4.79 Å². The molecule has 20 heavy (non-hydrogen) atoms. The van der Waals surface area contributed by atoms with Crippen LogP contribution < -0.4 is 10.1 Å². The van der Waals surface area contributed by atoms with E-state index in [2.05, 4.69) is 5.32 Å². The van der Waals surface area contributed by atoms with E-state index >= 15 is 0 Å². The fourth-order valence-corrected chi connectivity index (χ4v) is 2.40. The summed E-state index contributed by atoms with van der Waals surface area (Å²) in [5.41, 5.74) is 1.77. The number of aliphatic hydroxyl groups excluding tert-OH is 1. The molecule has 0 saturated carbocycles. The predicted molar refractivity (Wildman–Crippen MR) is 78.4 cm³/mol. The molecule has 1 atom stereocenters. The summed E-state index contributed by atoms with van der Waals surface area (Å²) in [6.07, 6.45) is 1.83. The Bertz CT molecular complexity index is 471. The van der Waals surface area contributed by atoms with Crippen molar-refractivity contribution in [1.82, 2.24) is 5.32 Å². The van der Waals surface area contributed by atoms with Gasteiger partial charge in [0.1, 0.15) is 18.5 Å². The first-order chi connectivity index (χ1) is 9.58. The zero-order chi connectivity index (χ0) is 14.5. The summed E-state index contributed by atoms with van der Waals surface area (Å²) in [6, 6.07) is 5.92. The van der Waals surface area contributed by atoms with E-state index in [4.69, 9.17) is 4.74 Å². The number of fused-ring (bicyclic) bond motifs is 1. The molecular formula is C16H23NO3. The summed E-state index contributed by atoms with van der Waals surface area (Å²) in [6.45, 7) is 4.81. The van der Waals surface area contributed by atoms with Gasteiger partial charge in [0.15, 0.2) is 5.78 Å². The number of rotatable bonds is 6. The summed E-state index contributed by atoms with van der Waals surface area (Å²) >= 11 is 0. The molecule has 4 nitrogen and oxygen atoms in total. The predicted octanol–water partition coefficient (Wildman–Crippen LogP) is 1.94. The Morgan fingerprint density at radius 3 is 2.90 bits per heavy atom. The van der Waals surface area contributed by atoms with Gasteiger partial charge in [-0.25, -0.2) is 0 Å². The Balaban J connectivity index is 1.96. The molecule has 0 saturated heterocycles. The number of carbonyl (C=O) groups is 1. The Morgan fingerprint density at radius 2 is 2.15 bits per heavy atom. The Labute approximate surface area is 120 Å². The first-order valence-electron chi connectivity index (χ1n) is 7.27. The highest BCUT2D eigenvalue weighted by atomic mass is 16.5. The summed E-state index contributed by atoms with van der Waals surface area (Å²) in [4.78, 5) is 11.8. The van der Waals surface area contributed by atoms with Crippen molar-refractivity contribution in [2.45, 2.75) is 45.3 Å². The van der Waals surface area contributed by atoms with Crippen LogP contribution in [0, 0.1) is 0 Å². The molecule has 0 heterocycles. The van der Waals surface area contributed by atoms with Gasteiger partial charge in [0, 0.05) is 30.1 Å². The Hall–Kier alpha value is -1.39. The molecule has 0 fully saturated rings.